The van der Waals surface area contributed by atoms with Crippen LogP contribution < -0.4 is 15.4 Å². The van der Waals surface area contributed by atoms with Crippen LogP contribution >= 0.6 is 24.0 Å². The van der Waals surface area contributed by atoms with Crippen molar-refractivity contribution in [1.29, 1.82) is 0 Å². The van der Waals surface area contributed by atoms with Crippen LogP contribution in [0.3, 0.4) is 0 Å². The highest BCUT2D eigenvalue weighted by Crippen LogP contribution is 2.21. The Morgan fingerprint density at radius 3 is 2.50 bits per heavy atom. The molecule has 0 unspecified atom stereocenters. The molecule has 0 saturated heterocycles. The van der Waals surface area contributed by atoms with Crippen LogP contribution in [0.25, 0.3) is 0 Å². The molecule has 8 heteroatoms. The van der Waals surface area contributed by atoms with E-state index in [2.05, 4.69) is 22.5 Å². The van der Waals surface area contributed by atoms with Gasteiger partial charge in [-0.05, 0) is 37.5 Å². The Bertz CT molecular complexity index is 597. The standard InChI is InChI=1S/C20H33N3O4.HI/c1-5-7-12-27-13-8-11-22-20(21-6-2)23-15-16-9-10-18(25-3)17(14-16)19(24)26-4;/h9-10,14H,5-8,11-13,15H2,1-4H3,(H2,21,22,23);1H. The highest BCUT2D eigenvalue weighted by atomic mass is 127. The number of aliphatic imine (C=N–C) groups is 1. The number of methoxy groups -OCH3 is 2. The molecule has 1 aromatic carbocycles. The van der Waals surface area contributed by atoms with E-state index in [0.29, 0.717) is 17.9 Å². The van der Waals surface area contributed by atoms with Gasteiger partial charge in [0.15, 0.2) is 5.96 Å². The Morgan fingerprint density at radius 2 is 1.86 bits per heavy atom. The SMILES string of the molecule is CCCCOCCCNC(=NCc1ccc(OC)c(C(=O)OC)c1)NCC.I. The number of guanidine groups is 1. The number of esters is 1. The van der Waals surface area contributed by atoms with Crippen molar-refractivity contribution in [3.05, 3.63) is 29.3 Å². The predicted molar refractivity (Wildman–Crippen MR) is 123 cm³/mol. The van der Waals surface area contributed by atoms with Gasteiger partial charge in [0.05, 0.1) is 20.8 Å². The van der Waals surface area contributed by atoms with Gasteiger partial charge in [-0.25, -0.2) is 9.79 Å². The quantitative estimate of drug-likeness (QED) is 0.149. The summed E-state index contributed by atoms with van der Waals surface area (Å²) in [7, 11) is 2.88. The van der Waals surface area contributed by atoms with Gasteiger partial charge in [0, 0.05) is 26.3 Å². The number of hydrogen-bond acceptors (Lipinski definition) is 5. The third kappa shape index (κ3) is 10.1. The highest BCUT2D eigenvalue weighted by Gasteiger charge is 2.13. The summed E-state index contributed by atoms with van der Waals surface area (Å²) in [5, 5.41) is 6.51. The van der Waals surface area contributed by atoms with E-state index in [1.54, 1.807) is 12.1 Å². The maximum absolute atomic E-state index is 11.9. The van der Waals surface area contributed by atoms with Crippen LogP contribution in [0.1, 0.15) is 49.0 Å². The zero-order valence-corrected chi connectivity index (χ0v) is 19.7. The lowest BCUT2D eigenvalue weighted by Gasteiger charge is -2.12. The largest absolute Gasteiger partial charge is 0.496 e. The van der Waals surface area contributed by atoms with Crippen molar-refractivity contribution >= 4 is 35.9 Å². The molecular formula is C20H34IN3O4. The number of halogens is 1. The van der Waals surface area contributed by atoms with E-state index in [1.165, 1.54) is 14.2 Å². The summed E-state index contributed by atoms with van der Waals surface area (Å²) < 4.78 is 15.6. The molecule has 0 saturated carbocycles. The van der Waals surface area contributed by atoms with Crippen molar-refractivity contribution in [3.8, 4) is 5.75 Å². The monoisotopic (exact) mass is 507 g/mol. The molecule has 0 spiro atoms. The number of rotatable bonds is 12. The summed E-state index contributed by atoms with van der Waals surface area (Å²) >= 11 is 0. The molecule has 0 aliphatic carbocycles. The minimum absolute atomic E-state index is 0. The van der Waals surface area contributed by atoms with Crippen LogP contribution in [-0.2, 0) is 16.0 Å². The molecule has 7 nitrogen and oxygen atoms in total. The number of nitrogens with one attached hydrogen (secondary N) is 2. The second-order valence-electron chi connectivity index (χ2n) is 5.97. The molecule has 160 valence electrons. The van der Waals surface area contributed by atoms with E-state index >= 15 is 0 Å². The van der Waals surface area contributed by atoms with E-state index in [4.69, 9.17) is 14.2 Å². The van der Waals surface area contributed by atoms with E-state index < -0.39 is 5.97 Å². The molecule has 0 atom stereocenters. The lowest BCUT2D eigenvalue weighted by Crippen LogP contribution is -2.38. The second-order valence-corrected chi connectivity index (χ2v) is 5.97. The van der Waals surface area contributed by atoms with Gasteiger partial charge in [-0.1, -0.05) is 19.4 Å². The first kappa shape index (κ1) is 26.4. The second kappa shape index (κ2) is 16.4. The normalized spacial score (nSPS) is 10.8. The average Bonchev–Trinajstić information content (AvgIpc) is 2.70. The van der Waals surface area contributed by atoms with Crippen LogP contribution in [0, 0.1) is 0 Å². The molecule has 0 bridgehead atoms. The summed E-state index contributed by atoms with van der Waals surface area (Å²) in [6, 6.07) is 5.39. The Balaban J connectivity index is 0.00000729. The van der Waals surface area contributed by atoms with Crippen LogP contribution in [-0.4, -0.2) is 52.5 Å². The van der Waals surface area contributed by atoms with Gasteiger partial charge in [-0.3, -0.25) is 0 Å². The van der Waals surface area contributed by atoms with Gasteiger partial charge >= 0.3 is 5.97 Å². The van der Waals surface area contributed by atoms with Crippen molar-refractivity contribution in [3.63, 3.8) is 0 Å². The van der Waals surface area contributed by atoms with Gasteiger partial charge in [-0.2, -0.15) is 0 Å². The molecule has 0 heterocycles. The number of benzene rings is 1. The number of hydrogen-bond donors (Lipinski definition) is 2. The van der Waals surface area contributed by atoms with Gasteiger partial charge < -0.3 is 24.8 Å². The van der Waals surface area contributed by atoms with Crippen LogP contribution in [0.2, 0.25) is 0 Å². The smallest absolute Gasteiger partial charge is 0.341 e. The highest BCUT2D eigenvalue weighted by molar-refractivity contribution is 14.0. The zero-order chi connectivity index (χ0) is 19.9. The zero-order valence-electron chi connectivity index (χ0n) is 17.4. The molecule has 0 radical (unpaired) electrons. The van der Waals surface area contributed by atoms with Crippen molar-refractivity contribution in [2.75, 3.05) is 40.5 Å². The Hall–Kier alpha value is -1.55. The molecule has 0 aliphatic heterocycles. The number of carbonyl (C=O) groups excluding carboxylic acids is 1. The van der Waals surface area contributed by atoms with E-state index in [0.717, 1.165) is 57.1 Å². The topological polar surface area (TPSA) is 81.2 Å². The predicted octanol–water partition coefficient (Wildman–Crippen LogP) is 3.36. The van der Waals surface area contributed by atoms with Gasteiger partial charge in [-0.15, -0.1) is 24.0 Å². The molecule has 0 aromatic heterocycles. The Labute approximate surface area is 185 Å². The molecule has 2 N–H and O–H groups in total. The first-order valence-corrected chi connectivity index (χ1v) is 9.51. The third-order valence-corrected chi connectivity index (χ3v) is 3.83. The minimum Gasteiger partial charge on any atom is -0.496 e. The summed E-state index contributed by atoms with van der Waals surface area (Å²) in [4.78, 5) is 16.5. The molecule has 0 amide bonds. The molecule has 28 heavy (non-hydrogen) atoms. The first-order chi connectivity index (χ1) is 13.2. The molecular weight excluding hydrogens is 473 g/mol. The van der Waals surface area contributed by atoms with Crippen molar-refractivity contribution in [2.45, 2.75) is 39.7 Å². The van der Waals surface area contributed by atoms with Crippen molar-refractivity contribution < 1.29 is 19.0 Å². The number of carbonyl (C=O) groups is 1. The summed E-state index contributed by atoms with van der Waals surface area (Å²) in [6.45, 7) is 7.74. The molecule has 0 fully saturated rings. The van der Waals surface area contributed by atoms with Gasteiger partial charge in [0.1, 0.15) is 11.3 Å². The fraction of sp³-hybridized carbons (Fsp3) is 0.600. The molecule has 1 aromatic rings. The van der Waals surface area contributed by atoms with Gasteiger partial charge in [0.2, 0.25) is 0 Å². The molecule has 1 rings (SSSR count). The van der Waals surface area contributed by atoms with Crippen LogP contribution in [0.4, 0.5) is 0 Å². The molecule has 0 aliphatic rings. The minimum atomic E-state index is -0.425. The maximum Gasteiger partial charge on any atom is 0.341 e. The van der Waals surface area contributed by atoms with Crippen LogP contribution in [0.5, 0.6) is 5.75 Å². The van der Waals surface area contributed by atoms with E-state index in [1.807, 2.05) is 13.0 Å². The number of nitrogens with zero attached hydrogens (tertiary/aromatic N) is 1. The fourth-order valence-corrected chi connectivity index (χ4v) is 2.36. The van der Waals surface area contributed by atoms with Crippen molar-refractivity contribution in [1.82, 2.24) is 10.6 Å². The summed E-state index contributed by atoms with van der Waals surface area (Å²) in [5.41, 5.74) is 1.30. The van der Waals surface area contributed by atoms with Gasteiger partial charge in [0.25, 0.3) is 0 Å². The maximum atomic E-state index is 11.9. The number of ether oxygens (including phenoxy) is 3. The summed E-state index contributed by atoms with van der Waals surface area (Å²) in [6.07, 6.45) is 3.18. The van der Waals surface area contributed by atoms with E-state index in [9.17, 15) is 4.79 Å². The van der Waals surface area contributed by atoms with Crippen molar-refractivity contribution in [2.24, 2.45) is 4.99 Å². The number of unbranched alkanes of at least 4 members (excludes halogenated alkanes) is 1. The average molecular weight is 507 g/mol. The third-order valence-electron chi connectivity index (χ3n) is 3.83. The lowest BCUT2D eigenvalue weighted by molar-refractivity contribution is 0.0597. The first-order valence-electron chi connectivity index (χ1n) is 9.51. The fourth-order valence-electron chi connectivity index (χ4n) is 2.36. The van der Waals surface area contributed by atoms with E-state index in [-0.39, 0.29) is 24.0 Å². The summed E-state index contributed by atoms with van der Waals surface area (Å²) in [5.74, 6) is 0.801. The Kier molecular flexibility index (Phi) is 15.5. The Morgan fingerprint density at radius 1 is 1.11 bits per heavy atom. The lowest BCUT2D eigenvalue weighted by atomic mass is 10.1. The van der Waals surface area contributed by atoms with Crippen LogP contribution in [0.15, 0.2) is 23.2 Å².